The van der Waals surface area contributed by atoms with Gasteiger partial charge in [-0.05, 0) is 37.1 Å². The predicted octanol–water partition coefficient (Wildman–Crippen LogP) is 1.94. The van der Waals surface area contributed by atoms with Gasteiger partial charge in [0.2, 0.25) is 0 Å². The van der Waals surface area contributed by atoms with Crippen molar-refractivity contribution < 1.29 is 0 Å². The molecule has 0 spiro atoms. The molecule has 1 aromatic heterocycles. The topological polar surface area (TPSA) is 63.8 Å². The highest BCUT2D eigenvalue weighted by atomic mass is 15.0. The number of anilines is 1. The van der Waals surface area contributed by atoms with Crippen LogP contribution < -0.4 is 11.1 Å². The van der Waals surface area contributed by atoms with Crippen molar-refractivity contribution in [1.29, 1.82) is 0 Å². The molecule has 0 saturated heterocycles. The van der Waals surface area contributed by atoms with Crippen molar-refractivity contribution in [1.82, 2.24) is 9.97 Å². The Balaban J connectivity index is 1.89. The molecular formula is C15H20N4. The second-order valence-electron chi connectivity index (χ2n) is 4.50. The normalized spacial score (nSPS) is 10.4. The van der Waals surface area contributed by atoms with E-state index in [1.807, 2.05) is 6.07 Å². The first-order valence-electron chi connectivity index (χ1n) is 6.60. The van der Waals surface area contributed by atoms with Gasteiger partial charge < -0.3 is 11.1 Å². The lowest BCUT2D eigenvalue weighted by Gasteiger charge is -2.08. The van der Waals surface area contributed by atoms with E-state index in [0.717, 1.165) is 24.6 Å². The van der Waals surface area contributed by atoms with Crippen LogP contribution in [0.1, 0.15) is 17.0 Å². The van der Waals surface area contributed by atoms with Gasteiger partial charge in [-0.25, -0.2) is 9.97 Å². The van der Waals surface area contributed by atoms with Crippen LogP contribution in [-0.4, -0.2) is 23.1 Å². The van der Waals surface area contributed by atoms with Crippen molar-refractivity contribution in [3.05, 3.63) is 53.5 Å². The maximum Gasteiger partial charge on any atom is 0.131 e. The molecule has 0 aliphatic heterocycles. The number of nitrogens with zero attached hydrogens (tertiary/aromatic N) is 2. The summed E-state index contributed by atoms with van der Waals surface area (Å²) in [5, 5.41) is 3.33. The molecule has 0 aliphatic rings. The summed E-state index contributed by atoms with van der Waals surface area (Å²) in [6.07, 6.45) is 3.48. The van der Waals surface area contributed by atoms with Gasteiger partial charge in [-0.2, -0.15) is 0 Å². The molecule has 3 N–H and O–H groups in total. The number of nitrogens with two attached hydrogens (primary N) is 1. The van der Waals surface area contributed by atoms with Crippen LogP contribution in [0.15, 0.2) is 36.5 Å². The molecule has 0 radical (unpaired) electrons. The van der Waals surface area contributed by atoms with E-state index < -0.39 is 0 Å². The van der Waals surface area contributed by atoms with E-state index in [1.165, 1.54) is 11.1 Å². The minimum atomic E-state index is 0.576. The molecule has 2 aromatic rings. The molecule has 100 valence electrons. The van der Waals surface area contributed by atoms with E-state index in [9.17, 15) is 0 Å². The highest BCUT2D eigenvalue weighted by Crippen LogP contribution is 2.08. The number of rotatable bonds is 6. The Kier molecular flexibility index (Phi) is 4.86. The van der Waals surface area contributed by atoms with Crippen LogP contribution in [0.4, 0.5) is 5.82 Å². The van der Waals surface area contributed by atoms with Gasteiger partial charge in [0.15, 0.2) is 0 Å². The largest absolute Gasteiger partial charge is 0.370 e. The molecule has 0 atom stereocenters. The number of nitrogens with one attached hydrogen (secondary N) is 1. The van der Waals surface area contributed by atoms with Gasteiger partial charge in [0, 0.05) is 19.2 Å². The molecule has 4 nitrogen and oxygen atoms in total. The summed E-state index contributed by atoms with van der Waals surface area (Å²) in [7, 11) is 0. The Morgan fingerprint density at radius 3 is 2.79 bits per heavy atom. The van der Waals surface area contributed by atoms with Gasteiger partial charge in [0.1, 0.15) is 11.6 Å². The Hall–Kier alpha value is -1.94. The maximum atomic E-state index is 5.50. The smallest absolute Gasteiger partial charge is 0.131 e. The van der Waals surface area contributed by atoms with Gasteiger partial charge in [-0.3, -0.25) is 0 Å². The van der Waals surface area contributed by atoms with E-state index in [2.05, 4.69) is 46.5 Å². The summed E-state index contributed by atoms with van der Waals surface area (Å²) in [6.45, 7) is 3.58. The third-order valence-electron chi connectivity index (χ3n) is 3.04. The predicted molar refractivity (Wildman–Crippen MR) is 78.2 cm³/mol. The molecule has 2 rings (SSSR count). The van der Waals surface area contributed by atoms with E-state index in [1.54, 1.807) is 6.20 Å². The zero-order chi connectivity index (χ0) is 13.5. The summed E-state index contributed by atoms with van der Waals surface area (Å²) in [5.74, 6) is 1.66. The van der Waals surface area contributed by atoms with Gasteiger partial charge in [0.25, 0.3) is 0 Å². The van der Waals surface area contributed by atoms with Gasteiger partial charge in [-0.15, -0.1) is 0 Å². The number of benzene rings is 1. The maximum absolute atomic E-state index is 5.50. The summed E-state index contributed by atoms with van der Waals surface area (Å²) in [4.78, 5) is 8.59. The fourth-order valence-corrected chi connectivity index (χ4v) is 1.96. The van der Waals surface area contributed by atoms with Crippen molar-refractivity contribution in [3.63, 3.8) is 0 Å². The second-order valence-corrected chi connectivity index (χ2v) is 4.50. The molecule has 0 unspecified atom stereocenters. The molecule has 0 fully saturated rings. The minimum Gasteiger partial charge on any atom is -0.370 e. The van der Waals surface area contributed by atoms with Crippen LogP contribution >= 0.6 is 0 Å². The molecule has 0 amide bonds. The molecule has 0 bridgehead atoms. The first-order valence-corrected chi connectivity index (χ1v) is 6.60. The van der Waals surface area contributed by atoms with E-state index in [-0.39, 0.29) is 0 Å². The van der Waals surface area contributed by atoms with Crippen molar-refractivity contribution in [2.45, 2.75) is 19.8 Å². The van der Waals surface area contributed by atoms with Crippen LogP contribution in [0.3, 0.4) is 0 Å². The quantitative estimate of drug-likeness (QED) is 0.829. The fourth-order valence-electron chi connectivity index (χ4n) is 1.96. The zero-order valence-corrected chi connectivity index (χ0v) is 11.3. The molecule has 0 aliphatic carbocycles. The number of hydrogen-bond donors (Lipinski definition) is 2. The molecule has 4 heteroatoms. The minimum absolute atomic E-state index is 0.576. The average molecular weight is 256 g/mol. The van der Waals surface area contributed by atoms with E-state index >= 15 is 0 Å². The number of aryl methyl sites for hydroxylation is 1. The highest BCUT2D eigenvalue weighted by molar-refractivity contribution is 5.34. The summed E-state index contributed by atoms with van der Waals surface area (Å²) < 4.78 is 0. The van der Waals surface area contributed by atoms with Crippen molar-refractivity contribution in [2.75, 3.05) is 18.4 Å². The highest BCUT2D eigenvalue weighted by Gasteiger charge is 2.00. The van der Waals surface area contributed by atoms with Crippen molar-refractivity contribution in [2.24, 2.45) is 5.73 Å². The summed E-state index contributed by atoms with van der Waals surface area (Å²) in [6, 6.07) is 10.3. The van der Waals surface area contributed by atoms with Crippen LogP contribution in [0.2, 0.25) is 0 Å². The van der Waals surface area contributed by atoms with Gasteiger partial charge in [0.05, 0.1) is 0 Å². The Morgan fingerprint density at radius 1 is 1.16 bits per heavy atom. The van der Waals surface area contributed by atoms with E-state index in [0.29, 0.717) is 13.0 Å². The van der Waals surface area contributed by atoms with Crippen LogP contribution in [0.25, 0.3) is 0 Å². The number of aromatic nitrogens is 2. The Morgan fingerprint density at radius 2 is 2.00 bits per heavy atom. The van der Waals surface area contributed by atoms with Gasteiger partial charge in [-0.1, -0.05) is 24.3 Å². The molecule has 1 heterocycles. The lowest BCUT2D eigenvalue weighted by molar-refractivity contribution is 0.863. The van der Waals surface area contributed by atoms with Gasteiger partial charge >= 0.3 is 0 Å². The fraction of sp³-hybridized carbons (Fsp3) is 0.333. The number of hydrogen-bond acceptors (Lipinski definition) is 4. The Bertz CT molecular complexity index is 525. The second kappa shape index (κ2) is 6.85. The Labute approximate surface area is 114 Å². The average Bonchev–Trinajstić information content (AvgIpc) is 2.42. The molecule has 0 saturated carbocycles. The summed E-state index contributed by atoms with van der Waals surface area (Å²) in [5.41, 5.74) is 8.20. The van der Waals surface area contributed by atoms with Crippen LogP contribution in [0, 0.1) is 6.92 Å². The third-order valence-corrected chi connectivity index (χ3v) is 3.04. The SMILES string of the molecule is Cc1ccccc1CCNc1ccnc(CCN)n1. The van der Waals surface area contributed by atoms with Crippen molar-refractivity contribution in [3.8, 4) is 0 Å². The monoisotopic (exact) mass is 256 g/mol. The lowest BCUT2D eigenvalue weighted by Crippen LogP contribution is -2.10. The molecule has 1 aromatic carbocycles. The lowest BCUT2D eigenvalue weighted by atomic mass is 10.1. The van der Waals surface area contributed by atoms with Crippen molar-refractivity contribution >= 4 is 5.82 Å². The summed E-state index contributed by atoms with van der Waals surface area (Å²) >= 11 is 0. The van der Waals surface area contributed by atoms with Crippen LogP contribution in [0.5, 0.6) is 0 Å². The molecular weight excluding hydrogens is 236 g/mol. The zero-order valence-electron chi connectivity index (χ0n) is 11.3. The standard InChI is InChI=1S/C15H20N4/c1-12-4-2-3-5-13(12)7-10-17-15-8-11-18-14(19-15)6-9-16/h2-5,8,11H,6-7,9-10,16H2,1H3,(H,17,18,19). The first kappa shape index (κ1) is 13.5. The first-order chi connectivity index (χ1) is 9.29. The molecule has 19 heavy (non-hydrogen) atoms. The van der Waals surface area contributed by atoms with E-state index in [4.69, 9.17) is 5.73 Å². The van der Waals surface area contributed by atoms with Crippen LogP contribution in [-0.2, 0) is 12.8 Å². The third kappa shape index (κ3) is 4.03.